The molecule has 0 aliphatic carbocycles. The smallest absolute Gasteiger partial charge is 0.274 e. The third-order valence-electron chi connectivity index (χ3n) is 2.75. The fourth-order valence-corrected chi connectivity index (χ4v) is 1.69. The van der Waals surface area contributed by atoms with E-state index in [1.165, 1.54) is 0 Å². The van der Waals surface area contributed by atoms with Crippen LogP contribution in [0.15, 0.2) is 0 Å². The lowest BCUT2D eigenvalue weighted by Crippen LogP contribution is -2.40. The van der Waals surface area contributed by atoms with Crippen molar-refractivity contribution in [3.8, 4) is 0 Å². The molecule has 0 aliphatic heterocycles. The quantitative estimate of drug-likeness (QED) is 0.816. The fourth-order valence-electron chi connectivity index (χ4n) is 1.18. The van der Waals surface area contributed by atoms with Gasteiger partial charge in [-0.15, -0.1) is 0 Å². The summed E-state index contributed by atoms with van der Waals surface area (Å²) in [5, 5.41) is 0. The maximum absolute atomic E-state index is 11.9. The molecule has 1 amide bonds. The van der Waals surface area contributed by atoms with Gasteiger partial charge in [0.2, 0.25) is 5.91 Å². The predicted molar refractivity (Wildman–Crippen MR) is 61.0 cm³/mol. The van der Waals surface area contributed by atoms with E-state index in [-0.39, 0.29) is 6.42 Å². The molecule has 8 heteroatoms. The van der Waals surface area contributed by atoms with Crippen molar-refractivity contribution < 1.29 is 26.4 Å². The Bertz CT molecular complexity index is 376. The zero-order valence-corrected chi connectivity index (χ0v) is 11.4. The van der Waals surface area contributed by atoms with E-state index in [9.17, 15) is 26.4 Å². The van der Waals surface area contributed by atoms with E-state index in [1.807, 2.05) is 20.8 Å². The Morgan fingerprint density at radius 1 is 1.22 bits per heavy atom. The van der Waals surface area contributed by atoms with E-state index in [0.29, 0.717) is 24.7 Å². The van der Waals surface area contributed by atoms with Crippen LogP contribution < -0.4 is 4.72 Å². The zero-order chi connectivity index (χ0) is 14.6. The number of hydrogen-bond acceptors (Lipinski definition) is 3. The number of carbonyl (C=O) groups excluding carboxylic acids is 1. The first kappa shape index (κ1) is 17.2. The van der Waals surface area contributed by atoms with Gasteiger partial charge in [-0.2, -0.15) is 21.6 Å². The molecule has 0 heterocycles. The second-order valence-corrected chi connectivity index (χ2v) is 6.26. The maximum Gasteiger partial charge on any atom is 0.516 e. The molecular formula is C10H18F3NO3S. The van der Waals surface area contributed by atoms with E-state index in [0.717, 1.165) is 4.72 Å². The largest absolute Gasteiger partial charge is 0.516 e. The van der Waals surface area contributed by atoms with Crippen LogP contribution in [0, 0.1) is 11.8 Å². The van der Waals surface area contributed by atoms with Gasteiger partial charge in [0.05, 0.1) is 0 Å². The average molecular weight is 289 g/mol. The molecule has 0 aliphatic rings. The Kier molecular flexibility index (Phi) is 6.12. The van der Waals surface area contributed by atoms with Crippen molar-refractivity contribution in [2.75, 3.05) is 0 Å². The van der Waals surface area contributed by atoms with Crippen LogP contribution in [0.4, 0.5) is 13.2 Å². The number of alkyl halides is 3. The molecule has 0 spiro atoms. The van der Waals surface area contributed by atoms with Crippen molar-refractivity contribution in [3.05, 3.63) is 0 Å². The molecule has 0 aromatic carbocycles. The van der Waals surface area contributed by atoms with Crippen molar-refractivity contribution in [2.24, 2.45) is 11.8 Å². The highest BCUT2D eigenvalue weighted by Crippen LogP contribution is 2.22. The van der Waals surface area contributed by atoms with E-state index in [4.69, 9.17) is 0 Å². The second-order valence-electron chi connectivity index (χ2n) is 4.59. The second kappa shape index (κ2) is 6.40. The lowest BCUT2D eigenvalue weighted by Gasteiger charge is -2.15. The number of amides is 1. The summed E-state index contributed by atoms with van der Waals surface area (Å²) < 4.78 is 58.1. The first-order chi connectivity index (χ1) is 7.97. The summed E-state index contributed by atoms with van der Waals surface area (Å²) in [6.45, 7) is 5.97. The number of carbonyl (C=O) groups is 1. The number of rotatable bonds is 6. The highest BCUT2D eigenvalue weighted by molar-refractivity contribution is 7.90. The monoisotopic (exact) mass is 289 g/mol. The minimum atomic E-state index is -5.56. The van der Waals surface area contributed by atoms with Gasteiger partial charge in [-0.25, -0.2) is 4.72 Å². The lowest BCUT2D eigenvalue weighted by atomic mass is 9.93. The van der Waals surface area contributed by atoms with E-state index < -0.39 is 21.4 Å². The molecule has 0 saturated carbocycles. The standard InChI is InChI=1S/C10H18F3NO3S/c1-7(2)8(3)5-4-6-9(15)14-18(16,17)10(11,12)13/h7-8H,4-6H2,1-3H3,(H,14,15). The predicted octanol–water partition coefficient (Wildman–Crippen LogP) is 2.41. The number of nitrogens with one attached hydrogen (secondary N) is 1. The third-order valence-corrected chi connectivity index (χ3v) is 3.86. The van der Waals surface area contributed by atoms with Gasteiger partial charge in [0.15, 0.2) is 0 Å². The van der Waals surface area contributed by atoms with Crippen LogP contribution in [0.3, 0.4) is 0 Å². The summed E-state index contributed by atoms with van der Waals surface area (Å²) in [5.74, 6) is -0.382. The number of hydrogen-bond donors (Lipinski definition) is 1. The van der Waals surface area contributed by atoms with E-state index in [1.54, 1.807) is 0 Å². The number of halogens is 3. The van der Waals surface area contributed by atoms with Gasteiger partial charge in [-0.05, 0) is 24.7 Å². The first-order valence-corrected chi connectivity index (χ1v) is 7.07. The normalized spacial score (nSPS) is 14.6. The van der Waals surface area contributed by atoms with Crippen LogP contribution >= 0.6 is 0 Å². The Balaban J connectivity index is 4.15. The molecule has 1 unspecified atom stereocenters. The minimum absolute atomic E-state index is 0.230. The Morgan fingerprint density at radius 2 is 1.72 bits per heavy atom. The summed E-state index contributed by atoms with van der Waals surface area (Å²) in [6.07, 6.45) is 0.794. The van der Waals surface area contributed by atoms with Crippen LogP contribution in [0.5, 0.6) is 0 Å². The zero-order valence-electron chi connectivity index (χ0n) is 10.5. The highest BCUT2D eigenvalue weighted by Gasteiger charge is 2.46. The van der Waals surface area contributed by atoms with Gasteiger partial charge in [0.25, 0.3) is 0 Å². The Hall–Kier alpha value is -0.790. The first-order valence-electron chi connectivity index (χ1n) is 5.59. The number of sulfonamides is 1. The molecule has 1 N–H and O–H groups in total. The van der Waals surface area contributed by atoms with Crippen molar-refractivity contribution in [2.45, 2.75) is 45.5 Å². The molecule has 0 fully saturated rings. The summed E-state index contributed by atoms with van der Waals surface area (Å²) in [7, 11) is -5.56. The van der Waals surface area contributed by atoms with Crippen molar-refractivity contribution in [3.63, 3.8) is 0 Å². The van der Waals surface area contributed by atoms with Crippen LogP contribution in [0.1, 0.15) is 40.0 Å². The lowest BCUT2D eigenvalue weighted by molar-refractivity contribution is -0.120. The Morgan fingerprint density at radius 3 is 2.11 bits per heavy atom. The van der Waals surface area contributed by atoms with Crippen LogP contribution in [-0.4, -0.2) is 19.8 Å². The van der Waals surface area contributed by atoms with Crippen molar-refractivity contribution >= 4 is 15.9 Å². The van der Waals surface area contributed by atoms with Crippen LogP contribution in [0.2, 0.25) is 0 Å². The molecule has 0 aromatic rings. The van der Waals surface area contributed by atoms with Crippen molar-refractivity contribution in [1.29, 1.82) is 0 Å². The van der Waals surface area contributed by atoms with Gasteiger partial charge < -0.3 is 0 Å². The van der Waals surface area contributed by atoms with Crippen molar-refractivity contribution in [1.82, 2.24) is 4.72 Å². The molecule has 0 rings (SSSR count). The molecule has 0 bridgehead atoms. The summed E-state index contributed by atoms with van der Waals surface area (Å²) >= 11 is 0. The molecule has 0 radical (unpaired) electrons. The van der Waals surface area contributed by atoms with Gasteiger partial charge >= 0.3 is 15.5 Å². The van der Waals surface area contributed by atoms with Gasteiger partial charge in [0.1, 0.15) is 0 Å². The van der Waals surface area contributed by atoms with Gasteiger partial charge in [0, 0.05) is 6.42 Å². The third kappa shape index (κ3) is 5.70. The molecular weight excluding hydrogens is 271 g/mol. The fraction of sp³-hybridized carbons (Fsp3) is 0.900. The highest BCUT2D eigenvalue weighted by atomic mass is 32.2. The molecule has 4 nitrogen and oxygen atoms in total. The SMILES string of the molecule is CC(C)C(C)CCCC(=O)NS(=O)(=O)C(F)(F)F. The van der Waals surface area contributed by atoms with E-state index in [2.05, 4.69) is 0 Å². The Labute approximate surface area is 105 Å². The molecule has 108 valence electrons. The molecule has 1 atom stereocenters. The molecule has 0 saturated heterocycles. The van der Waals surface area contributed by atoms with Gasteiger partial charge in [-0.1, -0.05) is 20.8 Å². The van der Waals surface area contributed by atoms with Crippen LogP contribution in [0.25, 0.3) is 0 Å². The summed E-state index contributed by atoms with van der Waals surface area (Å²) in [4.78, 5) is 11.1. The molecule has 0 aromatic heterocycles. The van der Waals surface area contributed by atoms with E-state index >= 15 is 0 Å². The van der Waals surface area contributed by atoms with Crippen LogP contribution in [-0.2, 0) is 14.8 Å². The molecule has 18 heavy (non-hydrogen) atoms. The summed E-state index contributed by atoms with van der Waals surface area (Å²) in [5.41, 5.74) is -5.45. The minimum Gasteiger partial charge on any atom is -0.274 e. The maximum atomic E-state index is 11.9. The summed E-state index contributed by atoms with van der Waals surface area (Å²) in [6, 6.07) is 0. The van der Waals surface area contributed by atoms with Gasteiger partial charge in [-0.3, -0.25) is 4.79 Å². The topological polar surface area (TPSA) is 63.2 Å². The average Bonchev–Trinajstić information content (AvgIpc) is 2.14.